The van der Waals surface area contributed by atoms with E-state index < -0.39 is 0 Å². The van der Waals surface area contributed by atoms with Crippen LogP contribution in [0.15, 0.2) is 6.33 Å². The quantitative estimate of drug-likeness (QED) is 0.804. The molecule has 1 aliphatic carbocycles. The number of rotatable bonds is 7. The minimum absolute atomic E-state index is 0.0297. The highest BCUT2D eigenvalue weighted by atomic mass is 16.1. The van der Waals surface area contributed by atoms with Crippen LogP contribution >= 0.6 is 0 Å². The summed E-state index contributed by atoms with van der Waals surface area (Å²) in [7, 11) is 0. The van der Waals surface area contributed by atoms with Crippen molar-refractivity contribution >= 4 is 5.91 Å². The maximum Gasteiger partial charge on any atom is 0.220 e. The molecule has 0 atom stereocenters. The molecule has 0 aromatic carbocycles. The fourth-order valence-corrected chi connectivity index (χ4v) is 3.36. The first kappa shape index (κ1) is 16.9. The summed E-state index contributed by atoms with van der Waals surface area (Å²) < 4.78 is 2.00. The van der Waals surface area contributed by atoms with Crippen LogP contribution in [0.1, 0.15) is 64.1 Å². The van der Waals surface area contributed by atoms with Crippen LogP contribution in [0.4, 0.5) is 0 Å². The van der Waals surface area contributed by atoms with Gasteiger partial charge in [0.15, 0.2) is 0 Å². The number of carbonyl (C=O) groups excluding carboxylic acids is 1. The molecule has 1 aromatic rings. The molecule has 6 heteroatoms. The van der Waals surface area contributed by atoms with Crippen LogP contribution in [0.2, 0.25) is 0 Å². The van der Waals surface area contributed by atoms with E-state index in [0.717, 1.165) is 18.7 Å². The molecule has 1 fully saturated rings. The largest absolute Gasteiger partial charge is 0.354 e. The highest BCUT2D eigenvalue weighted by molar-refractivity contribution is 5.76. The molecule has 3 N–H and O–H groups in total. The van der Waals surface area contributed by atoms with Crippen LogP contribution in [-0.2, 0) is 11.3 Å². The van der Waals surface area contributed by atoms with Gasteiger partial charge in [0.1, 0.15) is 12.2 Å². The predicted molar refractivity (Wildman–Crippen MR) is 86.3 cm³/mol. The van der Waals surface area contributed by atoms with E-state index in [1.165, 1.54) is 19.3 Å². The standard InChI is InChI=1S/C16H29N5O/c1-13(2)15-20-19-12-21(15)9-8-18-14(22)10-16(11-17)6-4-3-5-7-16/h12-13H,3-11,17H2,1-2H3,(H,18,22). The lowest BCUT2D eigenvalue weighted by molar-refractivity contribution is -0.123. The van der Waals surface area contributed by atoms with Crippen molar-refractivity contribution in [1.82, 2.24) is 20.1 Å². The van der Waals surface area contributed by atoms with Crippen molar-refractivity contribution in [2.45, 2.75) is 64.8 Å². The van der Waals surface area contributed by atoms with Gasteiger partial charge in [-0.15, -0.1) is 10.2 Å². The van der Waals surface area contributed by atoms with Gasteiger partial charge >= 0.3 is 0 Å². The van der Waals surface area contributed by atoms with Crippen LogP contribution < -0.4 is 11.1 Å². The minimum Gasteiger partial charge on any atom is -0.354 e. The van der Waals surface area contributed by atoms with E-state index in [2.05, 4.69) is 29.4 Å². The molecular formula is C16H29N5O. The SMILES string of the molecule is CC(C)c1nncn1CCNC(=O)CC1(CN)CCCCC1. The van der Waals surface area contributed by atoms with E-state index in [1.807, 2.05) is 4.57 Å². The molecule has 1 aromatic heterocycles. The average molecular weight is 307 g/mol. The third-order valence-corrected chi connectivity index (χ3v) is 4.72. The highest BCUT2D eigenvalue weighted by Crippen LogP contribution is 2.38. The van der Waals surface area contributed by atoms with Gasteiger partial charge in [-0.3, -0.25) is 4.79 Å². The number of nitrogens with two attached hydrogens (primary N) is 1. The smallest absolute Gasteiger partial charge is 0.220 e. The van der Waals surface area contributed by atoms with Gasteiger partial charge < -0.3 is 15.6 Å². The Hall–Kier alpha value is -1.43. The Balaban J connectivity index is 1.79. The molecule has 0 aliphatic heterocycles. The van der Waals surface area contributed by atoms with Crippen molar-refractivity contribution in [2.75, 3.05) is 13.1 Å². The normalized spacial score (nSPS) is 17.6. The molecule has 0 radical (unpaired) electrons. The lowest BCUT2D eigenvalue weighted by Gasteiger charge is -2.35. The number of aromatic nitrogens is 3. The third kappa shape index (κ3) is 4.29. The zero-order chi connectivity index (χ0) is 16.0. The predicted octanol–water partition coefficient (Wildman–Crippen LogP) is 1.82. The van der Waals surface area contributed by atoms with Gasteiger partial charge in [0.2, 0.25) is 5.91 Å². The second kappa shape index (κ2) is 7.72. The molecule has 124 valence electrons. The summed E-state index contributed by atoms with van der Waals surface area (Å²) in [4.78, 5) is 12.2. The molecule has 22 heavy (non-hydrogen) atoms. The van der Waals surface area contributed by atoms with Crippen LogP contribution in [0.5, 0.6) is 0 Å². The van der Waals surface area contributed by atoms with Crippen molar-refractivity contribution in [3.8, 4) is 0 Å². The number of hydrogen-bond donors (Lipinski definition) is 2. The summed E-state index contributed by atoms with van der Waals surface area (Å²) >= 11 is 0. The lowest BCUT2D eigenvalue weighted by Crippen LogP contribution is -2.39. The summed E-state index contributed by atoms with van der Waals surface area (Å²) in [6.45, 7) is 6.11. The first-order valence-electron chi connectivity index (χ1n) is 8.41. The molecule has 0 saturated heterocycles. The Morgan fingerprint density at radius 3 is 2.77 bits per heavy atom. The first-order valence-corrected chi connectivity index (χ1v) is 8.41. The molecular weight excluding hydrogens is 278 g/mol. The Morgan fingerprint density at radius 1 is 1.41 bits per heavy atom. The zero-order valence-electron chi connectivity index (χ0n) is 13.8. The van der Waals surface area contributed by atoms with Gasteiger partial charge in [0, 0.05) is 25.4 Å². The molecule has 6 nitrogen and oxygen atoms in total. The van der Waals surface area contributed by atoms with Crippen molar-refractivity contribution < 1.29 is 4.79 Å². The van der Waals surface area contributed by atoms with Crippen molar-refractivity contribution in [3.05, 3.63) is 12.2 Å². The van der Waals surface area contributed by atoms with Gasteiger partial charge in [0.05, 0.1) is 0 Å². The van der Waals surface area contributed by atoms with E-state index in [-0.39, 0.29) is 11.3 Å². The third-order valence-electron chi connectivity index (χ3n) is 4.72. The maximum absolute atomic E-state index is 12.2. The van der Waals surface area contributed by atoms with E-state index in [4.69, 9.17) is 5.73 Å². The number of carbonyl (C=O) groups is 1. The summed E-state index contributed by atoms with van der Waals surface area (Å²) in [5.41, 5.74) is 5.97. The van der Waals surface area contributed by atoms with E-state index in [1.54, 1.807) is 6.33 Å². The van der Waals surface area contributed by atoms with Crippen LogP contribution in [0, 0.1) is 5.41 Å². The summed E-state index contributed by atoms with van der Waals surface area (Å²) in [6, 6.07) is 0. The Kier molecular flexibility index (Phi) is 5.94. The topological polar surface area (TPSA) is 85.8 Å². The highest BCUT2D eigenvalue weighted by Gasteiger charge is 2.32. The Labute approximate surface area is 132 Å². The molecule has 1 amide bonds. The van der Waals surface area contributed by atoms with Crippen molar-refractivity contribution in [1.29, 1.82) is 0 Å². The lowest BCUT2D eigenvalue weighted by atomic mass is 9.71. The van der Waals surface area contributed by atoms with Gasteiger partial charge in [0.25, 0.3) is 0 Å². The monoisotopic (exact) mass is 307 g/mol. The average Bonchev–Trinajstić information content (AvgIpc) is 2.97. The summed E-state index contributed by atoms with van der Waals surface area (Å²) in [6.07, 6.45) is 8.12. The van der Waals surface area contributed by atoms with Crippen molar-refractivity contribution in [3.63, 3.8) is 0 Å². The number of amides is 1. The van der Waals surface area contributed by atoms with Crippen LogP contribution in [0.3, 0.4) is 0 Å². The number of nitrogens with one attached hydrogen (secondary N) is 1. The van der Waals surface area contributed by atoms with E-state index in [9.17, 15) is 4.79 Å². The van der Waals surface area contributed by atoms with E-state index in [0.29, 0.717) is 32.0 Å². The fourth-order valence-electron chi connectivity index (χ4n) is 3.36. The van der Waals surface area contributed by atoms with Crippen LogP contribution in [0.25, 0.3) is 0 Å². The molecule has 0 spiro atoms. The van der Waals surface area contributed by atoms with Crippen molar-refractivity contribution in [2.24, 2.45) is 11.1 Å². The van der Waals surface area contributed by atoms with Gasteiger partial charge in [-0.1, -0.05) is 33.1 Å². The molecule has 2 rings (SSSR count). The molecule has 1 aliphatic rings. The number of nitrogens with zero attached hydrogens (tertiary/aromatic N) is 3. The number of hydrogen-bond acceptors (Lipinski definition) is 4. The zero-order valence-corrected chi connectivity index (χ0v) is 13.8. The first-order chi connectivity index (χ1) is 10.6. The Bertz CT molecular complexity index is 477. The molecule has 0 bridgehead atoms. The molecule has 0 unspecified atom stereocenters. The summed E-state index contributed by atoms with van der Waals surface area (Å²) in [5.74, 6) is 1.41. The minimum atomic E-state index is 0.0297. The fraction of sp³-hybridized carbons (Fsp3) is 0.812. The van der Waals surface area contributed by atoms with Crippen LogP contribution in [-0.4, -0.2) is 33.8 Å². The van der Waals surface area contributed by atoms with Gasteiger partial charge in [-0.25, -0.2) is 0 Å². The van der Waals surface area contributed by atoms with E-state index >= 15 is 0 Å². The van der Waals surface area contributed by atoms with Gasteiger partial charge in [-0.2, -0.15) is 0 Å². The molecule has 1 saturated carbocycles. The summed E-state index contributed by atoms with van der Waals surface area (Å²) in [5, 5.41) is 11.1. The van der Waals surface area contributed by atoms with Gasteiger partial charge in [-0.05, 0) is 24.8 Å². The maximum atomic E-state index is 12.2. The second-order valence-electron chi connectivity index (χ2n) is 6.83. The molecule has 1 heterocycles. The Morgan fingerprint density at radius 2 is 2.14 bits per heavy atom. The second-order valence-corrected chi connectivity index (χ2v) is 6.83.